The summed E-state index contributed by atoms with van der Waals surface area (Å²) in [5.41, 5.74) is 0.0618. The van der Waals surface area contributed by atoms with Crippen LogP contribution in [0.25, 0.3) is 0 Å². The molecule has 22 heavy (non-hydrogen) atoms. The molecule has 0 aliphatic carbocycles. The first kappa shape index (κ1) is 16.5. The summed E-state index contributed by atoms with van der Waals surface area (Å²) in [5.74, 6) is -1.03. The van der Waals surface area contributed by atoms with Gasteiger partial charge in [-0.2, -0.15) is 0 Å². The molecule has 1 aromatic rings. The Morgan fingerprint density at radius 1 is 1.27 bits per heavy atom. The Kier molecular flexibility index (Phi) is 4.08. The Hall–Kier alpha value is -1.82. The minimum atomic E-state index is -1.94. The fraction of sp³-hybridized carbons (Fsp3) is 0.500. The summed E-state index contributed by atoms with van der Waals surface area (Å²) in [6, 6.07) is 6.56. The van der Waals surface area contributed by atoms with Crippen molar-refractivity contribution in [2.45, 2.75) is 45.5 Å². The first-order valence-corrected chi connectivity index (χ1v) is 10.6. The Labute approximate surface area is 131 Å². The van der Waals surface area contributed by atoms with Gasteiger partial charge in [-0.15, -0.1) is 0 Å². The average molecular weight is 321 g/mol. The molecule has 120 valence electrons. The summed E-state index contributed by atoms with van der Waals surface area (Å²) in [6.45, 7) is 9.62. The number of hydrogen-bond donors (Lipinski definition) is 1. The molecule has 1 aliphatic heterocycles. The predicted molar refractivity (Wildman–Crippen MR) is 86.9 cm³/mol. The average Bonchev–Trinajstić information content (AvgIpc) is 2.35. The summed E-state index contributed by atoms with van der Waals surface area (Å²) in [5, 5.41) is 10.7. The van der Waals surface area contributed by atoms with E-state index in [0.717, 1.165) is 5.19 Å². The van der Waals surface area contributed by atoms with Crippen molar-refractivity contribution in [3.8, 4) is 0 Å². The molecule has 6 heteroatoms. The van der Waals surface area contributed by atoms with E-state index in [4.69, 9.17) is 4.74 Å². The molecular weight excluding hydrogens is 298 g/mol. The van der Waals surface area contributed by atoms with Crippen LogP contribution in [-0.2, 0) is 9.53 Å². The second-order valence-corrected chi connectivity index (χ2v) is 11.9. The summed E-state index contributed by atoms with van der Waals surface area (Å²) in [6.07, 6.45) is -0.120. The molecule has 1 aromatic carbocycles. The smallest absolute Gasteiger partial charge is 0.411 e. The lowest BCUT2D eigenvalue weighted by Gasteiger charge is -2.42. The molecule has 0 fully saturated rings. The second-order valence-electron chi connectivity index (χ2n) is 7.32. The van der Waals surface area contributed by atoms with Crippen molar-refractivity contribution in [3.05, 3.63) is 29.8 Å². The first-order valence-electron chi connectivity index (χ1n) is 7.35. The maximum atomic E-state index is 12.5. The van der Waals surface area contributed by atoms with Crippen LogP contribution in [0.4, 0.5) is 4.79 Å². The van der Waals surface area contributed by atoms with E-state index in [-0.39, 0.29) is 0 Å². The zero-order valence-electron chi connectivity index (χ0n) is 13.7. The topological polar surface area (TPSA) is 66.8 Å². The molecule has 0 spiro atoms. The Morgan fingerprint density at radius 3 is 2.41 bits per heavy atom. The van der Waals surface area contributed by atoms with Gasteiger partial charge in [-0.3, -0.25) is 4.90 Å². The van der Waals surface area contributed by atoms with Crippen molar-refractivity contribution < 1.29 is 19.4 Å². The van der Waals surface area contributed by atoms with E-state index in [9.17, 15) is 14.7 Å². The highest BCUT2D eigenvalue weighted by atomic mass is 28.3. The lowest BCUT2D eigenvalue weighted by molar-refractivity contribution is -0.143. The fourth-order valence-electron chi connectivity index (χ4n) is 2.88. The van der Waals surface area contributed by atoms with Crippen LogP contribution in [0, 0.1) is 0 Å². The van der Waals surface area contributed by atoms with E-state index in [2.05, 4.69) is 13.1 Å². The van der Waals surface area contributed by atoms with Crippen LogP contribution in [-0.4, -0.2) is 41.9 Å². The highest BCUT2D eigenvalue weighted by molar-refractivity contribution is 6.90. The van der Waals surface area contributed by atoms with Gasteiger partial charge in [0, 0.05) is 6.17 Å². The molecule has 1 amide bonds. The minimum Gasteiger partial charge on any atom is -0.479 e. The highest BCUT2D eigenvalue weighted by Gasteiger charge is 2.45. The maximum absolute atomic E-state index is 12.5. The van der Waals surface area contributed by atoms with Crippen molar-refractivity contribution >= 4 is 25.3 Å². The number of amides is 1. The standard InChI is InChI=1S/C16H23NO4Si/c1-16(2,3)21-15(20)17-10-22(4,5)12-9-7-6-8-11(12)13(17)14(18)19/h6-9,13H,10H2,1-5H3,(H,18,19). The number of nitrogens with zero attached hydrogens (tertiary/aromatic N) is 1. The van der Waals surface area contributed by atoms with Crippen LogP contribution in [0.2, 0.25) is 13.1 Å². The largest absolute Gasteiger partial charge is 0.479 e. The number of fused-ring (bicyclic) bond motifs is 1. The summed E-state index contributed by atoms with van der Waals surface area (Å²) < 4.78 is 5.41. The number of carbonyl (C=O) groups excluding carboxylic acids is 1. The number of benzene rings is 1. The molecule has 0 bridgehead atoms. The van der Waals surface area contributed by atoms with E-state index < -0.39 is 31.8 Å². The monoisotopic (exact) mass is 321 g/mol. The fourth-order valence-corrected chi connectivity index (χ4v) is 5.76. The third kappa shape index (κ3) is 3.16. The zero-order valence-corrected chi connectivity index (χ0v) is 14.7. The normalized spacial score (nSPS) is 20.2. The van der Waals surface area contributed by atoms with Crippen LogP contribution in [0.15, 0.2) is 24.3 Å². The van der Waals surface area contributed by atoms with Gasteiger partial charge < -0.3 is 9.84 Å². The maximum Gasteiger partial charge on any atom is 0.411 e. The van der Waals surface area contributed by atoms with Gasteiger partial charge in [-0.1, -0.05) is 42.5 Å². The number of hydrogen-bond acceptors (Lipinski definition) is 3. The third-order valence-corrected chi connectivity index (χ3v) is 6.77. The number of carboxylic acids is 1. The number of rotatable bonds is 1. The SMILES string of the molecule is CC(C)(C)OC(=O)N1C[Si](C)(C)c2ccccc2C1C(=O)O. The molecule has 1 atom stereocenters. The molecule has 5 nitrogen and oxygen atoms in total. The van der Waals surface area contributed by atoms with Gasteiger partial charge in [0.25, 0.3) is 0 Å². The molecule has 1 N–H and O–H groups in total. The van der Waals surface area contributed by atoms with Crippen LogP contribution in [0.5, 0.6) is 0 Å². The highest BCUT2D eigenvalue weighted by Crippen LogP contribution is 2.30. The van der Waals surface area contributed by atoms with Crippen molar-refractivity contribution in [3.63, 3.8) is 0 Å². The van der Waals surface area contributed by atoms with Crippen LogP contribution >= 0.6 is 0 Å². The third-order valence-electron chi connectivity index (χ3n) is 3.72. The van der Waals surface area contributed by atoms with Gasteiger partial charge in [-0.05, 0) is 26.3 Å². The Bertz CT molecular complexity index is 606. The number of aliphatic carboxylic acids is 1. The van der Waals surface area contributed by atoms with Crippen molar-refractivity contribution in [1.29, 1.82) is 0 Å². The van der Waals surface area contributed by atoms with Crippen molar-refractivity contribution in [2.24, 2.45) is 0 Å². The number of carbonyl (C=O) groups is 2. The van der Waals surface area contributed by atoms with Crippen molar-refractivity contribution in [1.82, 2.24) is 4.90 Å². The molecule has 1 unspecified atom stereocenters. The van der Waals surface area contributed by atoms with Crippen LogP contribution in [0.1, 0.15) is 32.4 Å². The van der Waals surface area contributed by atoms with Gasteiger partial charge in [-0.25, -0.2) is 9.59 Å². The van der Waals surface area contributed by atoms with Gasteiger partial charge in [0.15, 0.2) is 6.04 Å². The van der Waals surface area contributed by atoms with Crippen LogP contribution in [0.3, 0.4) is 0 Å². The van der Waals surface area contributed by atoms with Crippen LogP contribution < -0.4 is 5.19 Å². The second kappa shape index (κ2) is 5.42. The number of ether oxygens (including phenoxy) is 1. The quantitative estimate of drug-likeness (QED) is 0.807. The van der Waals surface area contributed by atoms with Crippen molar-refractivity contribution in [2.75, 3.05) is 6.17 Å². The predicted octanol–water partition coefficient (Wildman–Crippen LogP) is 2.52. The molecule has 0 radical (unpaired) electrons. The zero-order chi connectivity index (χ0) is 16.7. The minimum absolute atomic E-state index is 0.440. The summed E-state index contributed by atoms with van der Waals surface area (Å²) >= 11 is 0. The molecular formula is C16H23NO4Si. The number of carboxylic acid groups (broad SMARTS) is 1. The molecule has 1 aliphatic rings. The molecule has 2 rings (SSSR count). The van der Waals surface area contributed by atoms with Gasteiger partial charge >= 0.3 is 12.1 Å². The molecule has 0 aromatic heterocycles. The van der Waals surface area contributed by atoms with E-state index in [1.165, 1.54) is 4.90 Å². The van der Waals surface area contributed by atoms with E-state index in [1.54, 1.807) is 26.8 Å². The lowest BCUT2D eigenvalue weighted by Crippen LogP contribution is -2.62. The first-order chi connectivity index (χ1) is 10.0. The molecule has 1 heterocycles. The van der Waals surface area contributed by atoms with E-state index in [0.29, 0.717) is 11.7 Å². The summed E-state index contributed by atoms with van der Waals surface area (Å²) in [7, 11) is -1.94. The van der Waals surface area contributed by atoms with Gasteiger partial charge in [0.2, 0.25) is 0 Å². The van der Waals surface area contributed by atoms with Gasteiger partial charge in [0.1, 0.15) is 13.7 Å². The molecule has 0 saturated heterocycles. The Morgan fingerprint density at radius 2 is 1.86 bits per heavy atom. The van der Waals surface area contributed by atoms with E-state index in [1.807, 2.05) is 18.2 Å². The Balaban J connectivity index is 2.48. The summed E-state index contributed by atoms with van der Waals surface area (Å²) in [4.78, 5) is 25.6. The lowest BCUT2D eigenvalue weighted by atomic mass is 10.1. The molecule has 0 saturated carbocycles. The van der Waals surface area contributed by atoms with E-state index >= 15 is 0 Å². The van der Waals surface area contributed by atoms with Gasteiger partial charge in [0.05, 0.1) is 0 Å².